The Balaban J connectivity index is 1.81. The van der Waals surface area contributed by atoms with E-state index in [1.54, 1.807) is 54.6 Å². The van der Waals surface area contributed by atoms with Gasteiger partial charge in [0.15, 0.2) is 0 Å². The lowest BCUT2D eigenvalue weighted by Gasteiger charge is -2.11. The molecular formula is C24H30N2O4. The molecule has 6 heteroatoms. The Kier molecular flexibility index (Phi) is 10.00. The molecule has 0 saturated carbocycles. The highest BCUT2D eigenvalue weighted by molar-refractivity contribution is 6.00. The van der Waals surface area contributed by atoms with Gasteiger partial charge in [-0.3, -0.25) is 20.4 Å². The molecule has 0 aromatic heterocycles. The molecule has 0 spiro atoms. The first kappa shape index (κ1) is 23.0. The lowest BCUT2D eigenvalue weighted by atomic mass is 10.2. The second-order valence-electron chi connectivity index (χ2n) is 6.79. The van der Waals surface area contributed by atoms with Crippen molar-refractivity contribution >= 4 is 11.8 Å². The topological polar surface area (TPSA) is 76.7 Å². The number of carbonyl (C=O) groups is 2. The number of unbranched alkanes of at least 4 members (excludes halogenated alkanes) is 4. The summed E-state index contributed by atoms with van der Waals surface area (Å²) >= 11 is 0. The first-order valence-electron chi connectivity index (χ1n) is 10.3. The van der Waals surface area contributed by atoms with Crippen LogP contribution in [0.15, 0.2) is 61.2 Å². The molecule has 160 valence electrons. The summed E-state index contributed by atoms with van der Waals surface area (Å²) < 4.78 is 11.2. The van der Waals surface area contributed by atoms with Gasteiger partial charge in [0.05, 0.1) is 12.2 Å². The smallest absolute Gasteiger partial charge is 0.273 e. The summed E-state index contributed by atoms with van der Waals surface area (Å²) in [5.41, 5.74) is 5.57. The molecule has 0 radical (unpaired) electrons. The lowest BCUT2D eigenvalue weighted by Crippen LogP contribution is -2.41. The third-order valence-electron chi connectivity index (χ3n) is 4.41. The molecule has 0 aliphatic carbocycles. The van der Waals surface area contributed by atoms with E-state index in [-0.39, 0.29) is 6.61 Å². The van der Waals surface area contributed by atoms with Gasteiger partial charge in [-0.05, 0) is 42.8 Å². The Morgan fingerprint density at radius 2 is 1.60 bits per heavy atom. The van der Waals surface area contributed by atoms with Crippen molar-refractivity contribution < 1.29 is 19.1 Å². The fourth-order valence-corrected chi connectivity index (χ4v) is 2.78. The molecule has 2 amide bonds. The summed E-state index contributed by atoms with van der Waals surface area (Å²) in [5.74, 6) is 0.254. The van der Waals surface area contributed by atoms with Crippen molar-refractivity contribution in [1.29, 1.82) is 0 Å². The van der Waals surface area contributed by atoms with Crippen LogP contribution in [0.5, 0.6) is 11.5 Å². The fourth-order valence-electron chi connectivity index (χ4n) is 2.78. The van der Waals surface area contributed by atoms with Gasteiger partial charge in [-0.15, -0.1) is 0 Å². The molecule has 0 bridgehead atoms. The van der Waals surface area contributed by atoms with E-state index >= 15 is 0 Å². The molecular weight excluding hydrogens is 380 g/mol. The van der Waals surface area contributed by atoms with Gasteiger partial charge in [0.25, 0.3) is 11.8 Å². The lowest BCUT2D eigenvalue weighted by molar-refractivity contribution is 0.0844. The minimum atomic E-state index is -0.467. The third kappa shape index (κ3) is 7.62. The molecule has 0 heterocycles. The molecule has 0 aliphatic rings. The second kappa shape index (κ2) is 13.0. The summed E-state index contributed by atoms with van der Waals surface area (Å²) in [7, 11) is 0. The molecule has 0 saturated heterocycles. The SMILES string of the molecule is C=CCOc1ccccc1C(=O)NNC(=O)c1ccc(OCCCCCCC)cc1. The van der Waals surface area contributed by atoms with Crippen LogP contribution in [0.3, 0.4) is 0 Å². The molecule has 2 aromatic rings. The highest BCUT2D eigenvalue weighted by atomic mass is 16.5. The van der Waals surface area contributed by atoms with Gasteiger partial charge in [-0.25, -0.2) is 0 Å². The molecule has 2 aromatic carbocycles. The minimum absolute atomic E-state index is 0.282. The number of hydrogen-bond donors (Lipinski definition) is 2. The van der Waals surface area contributed by atoms with Gasteiger partial charge in [-0.2, -0.15) is 0 Å². The highest BCUT2D eigenvalue weighted by Gasteiger charge is 2.13. The van der Waals surface area contributed by atoms with Crippen LogP contribution in [0.25, 0.3) is 0 Å². The molecule has 6 nitrogen and oxygen atoms in total. The highest BCUT2D eigenvalue weighted by Crippen LogP contribution is 2.18. The molecule has 2 rings (SSSR count). The molecule has 0 atom stereocenters. The second-order valence-corrected chi connectivity index (χ2v) is 6.79. The van der Waals surface area contributed by atoms with Gasteiger partial charge in [-0.1, -0.05) is 57.4 Å². The number of amides is 2. The first-order chi connectivity index (χ1) is 14.7. The zero-order valence-electron chi connectivity index (χ0n) is 17.5. The maximum atomic E-state index is 12.4. The maximum Gasteiger partial charge on any atom is 0.273 e. The quantitative estimate of drug-likeness (QED) is 0.303. The predicted octanol–water partition coefficient (Wildman–Crippen LogP) is 4.68. The van der Waals surface area contributed by atoms with E-state index in [1.165, 1.54) is 19.3 Å². The average Bonchev–Trinajstić information content (AvgIpc) is 2.78. The van der Waals surface area contributed by atoms with Crippen molar-refractivity contribution in [3.63, 3.8) is 0 Å². The van der Waals surface area contributed by atoms with Gasteiger partial charge < -0.3 is 9.47 Å². The van der Waals surface area contributed by atoms with Gasteiger partial charge in [0.2, 0.25) is 0 Å². The normalized spacial score (nSPS) is 10.2. The number of ether oxygens (including phenoxy) is 2. The van der Waals surface area contributed by atoms with Crippen molar-refractivity contribution in [2.45, 2.75) is 39.0 Å². The number of rotatable bonds is 12. The zero-order valence-corrected chi connectivity index (χ0v) is 17.5. The van der Waals surface area contributed by atoms with E-state index in [4.69, 9.17) is 9.47 Å². The van der Waals surface area contributed by atoms with Gasteiger partial charge >= 0.3 is 0 Å². The predicted molar refractivity (Wildman–Crippen MR) is 118 cm³/mol. The maximum absolute atomic E-state index is 12.4. The molecule has 0 aliphatic heterocycles. The number of carbonyl (C=O) groups excluding carboxylic acids is 2. The van der Waals surface area contributed by atoms with E-state index in [2.05, 4.69) is 24.4 Å². The first-order valence-corrected chi connectivity index (χ1v) is 10.3. The van der Waals surface area contributed by atoms with Crippen molar-refractivity contribution in [3.05, 3.63) is 72.3 Å². The average molecular weight is 411 g/mol. The van der Waals surface area contributed by atoms with E-state index in [1.807, 2.05) is 0 Å². The Morgan fingerprint density at radius 3 is 2.33 bits per heavy atom. The standard InChI is InChI=1S/C24H30N2O4/c1-3-5-6-7-10-18-29-20-15-13-19(14-16-20)23(27)25-26-24(28)21-11-8-9-12-22(21)30-17-4-2/h4,8-9,11-16H,2-3,5-7,10,17-18H2,1H3,(H,25,27)(H,26,28). The summed E-state index contributed by atoms with van der Waals surface area (Å²) in [6.07, 6.45) is 7.49. The van der Waals surface area contributed by atoms with Crippen LogP contribution < -0.4 is 20.3 Å². The largest absolute Gasteiger partial charge is 0.494 e. The van der Waals surface area contributed by atoms with Crippen LogP contribution in [0.4, 0.5) is 0 Å². The van der Waals surface area contributed by atoms with Gasteiger partial charge in [0, 0.05) is 5.56 Å². The summed E-state index contributed by atoms with van der Waals surface area (Å²) in [4.78, 5) is 24.7. The van der Waals surface area contributed by atoms with Gasteiger partial charge in [0.1, 0.15) is 18.1 Å². The zero-order chi connectivity index (χ0) is 21.6. The van der Waals surface area contributed by atoms with Crippen molar-refractivity contribution in [2.24, 2.45) is 0 Å². The van der Waals surface area contributed by atoms with Crippen molar-refractivity contribution in [1.82, 2.24) is 10.9 Å². The van der Waals surface area contributed by atoms with Crippen molar-refractivity contribution in [3.8, 4) is 11.5 Å². The third-order valence-corrected chi connectivity index (χ3v) is 4.41. The fraction of sp³-hybridized carbons (Fsp3) is 0.333. The Hall–Kier alpha value is -3.28. The van der Waals surface area contributed by atoms with Crippen LogP contribution in [0, 0.1) is 0 Å². The number of nitrogens with one attached hydrogen (secondary N) is 2. The summed E-state index contributed by atoms with van der Waals surface area (Å²) in [6.45, 7) is 6.73. The monoisotopic (exact) mass is 410 g/mol. The number of benzene rings is 2. The number of hydrazine groups is 1. The van der Waals surface area contributed by atoms with Crippen LogP contribution in [-0.2, 0) is 0 Å². The molecule has 0 fully saturated rings. The van der Waals surface area contributed by atoms with Crippen molar-refractivity contribution in [2.75, 3.05) is 13.2 Å². The Morgan fingerprint density at radius 1 is 0.900 bits per heavy atom. The summed E-state index contributed by atoms with van der Waals surface area (Å²) in [5, 5.41) is 0. The van der Waals surface area contributed by atoms with Crippen LogP contribution in [0.2, 0.25) is 0 Å². The van der Waals surface area contributed by atoms with Crippen LogP contribution >= 0.6 is 0 Å². The molecule has 30 heavy (non-hydrogen) atoms. The van der Waals surface area contributed by atoms with Crippen LogP contribution in [0.1, 0.15) is 59.7 Å². The van der Waals surface area contributed by atoms with Crippen LogP contribution in [-0.4, -0.2) is 25.0 Å². The minimum Gasteiger partial charge on any atom is -0.494 e. The number of para-hydroxylation sites is 1. The Bertz CT molecular complexity index is 818. The van der Waals surface area contributed by atoms with E-state index < -0.39 is 11.8 Å². The van der Waals surface area contributed by atoms with E-state index in [9.17, 15) is 9.59 Å². The molecule has 2 N–H and O–H groups in total. The Labute approximate surface area is 178 Å². The summed E-state index contributed by atoms with van der Waals surface area (Å²) in [6, 6.07) is 13.6. The number of hydrogen-bond acceptors (Lipinski definition) is 4. The van der Waals surface area contributed by atoms with E-state index in [0.29, 0.717) is 23.5 Å². The molecule has 0 unspecified atom stereocenters. The van der Waals surface area contributed by atoms with E-state index in [0.717, 1.165) is 18.6 Å².